The fourth-order valence-electron chi connectivity index (χ4n) is 4.80. The van der Waals surface area contributed by atoms with Gasteiger partial charge in [0.05, 0.1) is 12.0 Å². The maximum Gasteiger partial charge on any atom is 0.271 e. The van der Waals surface area contributed by atoms with Crippen molar-refractivity contribution in [1.29, 1.82) is 0 Å². The first-order chi connectivity index (χ1) is 11.5. The van der Waals surface area contributed by atoms with E-state index < -0.39 is 5.72 Å². The van der Waals surface area contributed by atoms with E-state index in [1.807, 2.05) is 17.0 Å². The number of hydrogen-bond acceptors (Lipinski definition) is 4. The Hall–Kier alpha value is -1.43. The summed E-state index contributed by atoms with van der Waals surface area (Å²) in [7, 11) is 1.92. The molecule has 3 atom stereocenters. The van der Waals surface area contributed by atoms with Crippen LogP contribution in [0.5, 0.6) is 0 Å². The van der Waals surface area contributed by atoms with Gasteiger partial charge in [-0.3, -0.25) is 4.79 Å². The first kappa shape index (κ1) is 16.1. The molecule has 2 N–H and O–H groups in total. The van der Waals surface area contributed by atoms with Crippen LogP contribution in [-0.2, 0) is 4.79 Å². The number of likely N-dealkylation sites (tertiary alicyclic amines) is 1. The third-order valence-electron chi connectivity index (χ3n) is 6.10. The Kier molecular flexibility index (Phi) is 3.90. The average Bonchev–Trinajstić information content (AvgIpc) is 2.98. The minimum absolute atomic E-state index is 0.00754. The summed E-state index contributed by atoms with van der Waals surface area (Å²) in [6.07, 6.45) is 5.77. The van der Waals surface area contributed by atoms with Crippen molar-refractivity contribution < 1.29 is 9.90 Å². The lowest BCUT2D eigenvalue weighted by atomic mass is 9.88. The van der Waals surface area contributed by atoms with Crippen LogP contribution >= 0.6 is 0 Å². The molecule has 0 unspecified atom stereocenters. The molecule has 1 aromatic carbocycles. The largest absolute Gasteiger partial charge is 0.366 e. The molecule has 1 saturated carbocycles. The zero-order valence-electron chi connectivity index (χ0n) is 14.5. The minimum atomic E-state index is -1.46. The molecule has 0 aromatic heterocycles. The van der Waals surface area contributed by atoms with E-state index in [9.17, 15) is 9.90 Å². The number of hydrogen-bond donors (Lipinski definition) is 2. The molecule has 3 fully saturated rings. The lowest BCUT2D eigenvalue weighted by Crippen LogP contribution is -2.54. The van der Waals surface area contributed by atoms with E-state index in [1.165, 1.54) is 24.8 Å². The molecule has 1 aliphatic carbocycles. The summed E-state index contributed by atoms with van der Waals surface area (Å²) in [5.41, 5.74) is 3.98. The summed E-state index contributed by atoms with van der Waals surface area (Å²) in [6.45, 7) is 2.70. The van der Waals surface area contributed by atoms with Gasteiger partial charge in [0, 0.05) is 19.6 Å². The van der Waals surface area contributed by atoms with Crippen LogP contribution in [0.1, 0.15) is 49.3 Å². The summed E-state index contributed by atoms with van der Waals surface area (Å²) in [6, 6.07) is 8.71. The van der Waals surface area contributed by atoms with Crippen molar-refractivity contribution in [1.82, 2.24) is 15.3 Å². The maximum absolute atomic E-state index is 13.0. The third kappa shape index (κ3) is 2.38. The first-order valence-corrected chi connectivity index (χ1v) is 9.11. The lowest BCUT2D eigenvalue weighted by molar-refractivity contribution is -0.151. The summed E-state index contributed by atoms with van der Waals surface area (Å²) < 4.78 is 0. The number of carbonyl (C=O) groups excluding carboxylic acids is 1. The summed E-state index contributed by atoms with van der Waals surface area (Å²) in [5.74, 6) is -0.277. The number of fused-ring (bicyclic) bond motifs is 1. The van der Waals surface area contributed by atoms with E-state index in [0.717, 1.165) is 18.4 Å². The number of carbonyl (C=O) groups is 1. The Morgan fingerprint density at radius 1 is 1.17 bits per heavy atom. The van der Waals surface area contributed by atoms with Crippen molar-refractivity contribution >= 4 is 5.91 Å². The fraction of sp³-hybridized carbons (Fsp3) is 0.632. The number of benzene rings is 1. The van der Waals surface area contributed by atoms with E-state index in [4.69, 9.17) is 0 Å². The average molecular weight is 329 g/mol. The number of hydrazine groups is 1. The molecular formula is C19H27N3O2. The monoisotopic (exact) mass is 329 g/mol. The fourth-order valence-corrected chi connectivity index (χ4v) is 4.80. The zero-order chi connectivity index (χ0) is 16.9. The molecule has 2 aliphatic heterocycles. The SMILES string of the molecule is Cc1ccc([C@@H]2[C@@H]3CN(C4CCCCC4)C(=O)[C@@]3(O)NN2C)cc1. The predicted octanol–water partition coefficient (Wildman–Crippen LogP) is 1.97. The van der Waals surface area contributed by atoms with Gasteiger partial charge in [-0.2, -0.15) is 0 Å². The molecule has 130 valence electrons. The summed E-state index contributed by atoms with van der Waals surface area (Å²) in [4.78, 5) is 14.9. The lowest BCUT2D eigenvalue weighted by Gasteiger charge is -2.33. The number of aryl methyl sites for hydroxylation is 1. The smallest absolute Gasteiger partial charge is 0.271 e. The Morgan fingerprint density at radius 3 is 2.50 bits per heavy atom. The Bertz CT molecular complexity index is 626. The van der Waals surface area contributed by atoms with E-state index in [0.29, 0.717) is 12.6 Å². The predicted molar refractivity (Wildman–Crippen MR) is 91.8 cm³/mol. The van der Waals surface area contributed by atoms with Crippen molar-refractivity contribution in [2.75, 3.05) is 13.6 Å². The number of nitrogens with zero attached hydrogens (tertiary/aromatic N) is 2. The molecule has 0 spiro atoms. The Balaban J connectivity index is 1.63. The molecule has 1 amide bonds. The van der Waals surface area contributed by atoms with Gasteiger partial charge < -0.3 is 10.0 Å². The molecule has 2 saturated heterocycles. The molecule has 24 heavy (non-hydrogen) atoms. The molecule has 1 aromatic rings. The Morgan fingerprint density at radius 2 is 1.83 bits per heavy atom. The number of nitrogens with one attached hydrogen (secondary N) is 1. The molecule has 5 nitrogen and oxygen atoms in total. The zero-order valence-corrected chi connectivity index (χ0v) is 14.5. The highest BCUT2D eigenvalue weighted by molar-refractivity contribution is 5.88. The van der Waals surface area contributed by atoms with Crippen LogP contribution in [0.2, 0.25) is 0 Å². The van der Waals surface area contributed by atoms with E-state index in [2.05, 4.69) is 36.6 Å². The second kappa shape index (κ2) is 5.83. The van der Waals surface area contributed by atoms with E-state index in [-0.39, 0.29) is 17.9 Å². The van der Waals surface area contributed by atoms with Crippen molar-refractivity contribution in [2.45, 2.75) is 56.8 Å². The van der Waals surface area contributed by atoms with Gasteiger partial charge in [0.25, 0.3) is 5.91 Å². The van der Waals surface area contributed by atoms with Crippen molar-refractivity contribution in [2.24, 2.45) is 5.92 Å². The molecule has 5 heteroatoms. The highest BCUT2D eigenvalue weighted by atomic mass is 16.3. The van der Waals surface area contributed by atoms with Crippen LogP contribution in [-0.4, -0.2) is 46.3 Å². The standard InChI is InChI=1S/C19H27N3O2/c1-13-8-10-14(11-9-13)17-16-12-22(15-6-4-3-5-7-15)18(23)19(16,24)20-21(17)2/h8-11,15-17,20,24H,3-7,12H2,1-2H3/t16-,17+,19+/m0/s1. The number of amides is 1. The maximum atomic E-state index is 13.0. The molecule has 2 heterocycles. The van der Waals surface area contributed by atoms with Crippen LogP contribution < -0.4 is 5.43 Å². The molecule has 0 bridgehead atoms. The van der Waals surface area contributed by atoms with Gasteiger partial charge >= 0.3 is 0 Å². The normalized spacial score (nSPS) is 34.8. The first-order valence-electron chi connectivity index (χ1n) is 9.11. The van der Waals surface area contributed by atoms with Crippen LogP contribution in [0, 0.1) is 12.8 Å². The molecule has 0 radical (unpaired) electrons. The van der Waals surface area contributed by atoms with Crippen molar-refractivity contribution in [3.05, 3.63) is 35.4 Å². The van der Waals surface area contributed by atoms with Gasteiger partial charge in [-0.05, 0) is 25.3 Å². The number of rotatable bonds is 2. The van der Waals surface area contributed by atoms with E-state index >= 15 is 0 Å². The molecule has 3 aliphatic rings. The van der Waals surface area contributed by atoms with Crippen LogP contribution in [0.3, 0.4) is 0 Å². The number of aliphatic hydroxyl groups is 1. The van der Waals surface area contributed by atoms with Crippen LogP contribution in [0.4, 0.5) is 0 Å². The van der Waals surface area contributed by atoms with Gasteiger partial charge in [-0.15, -0.1) is 0 Å². The topological polar surface area (TPSA) is 55.8 Å². The van der Waals surface area contributed by atoms with E-state index in [1.54, 1.807) is 0 Å². The van der Waals surface area contributed by atoms with Gasteiger partial charge in [-0.25, -0.2) is 10.4 Å². The second-order valence-corrected chi connectivity index (χ2v) is 7.70. The Labute approximate surface area is 143 Å². The highest BCUT2D eigenvalue weighted by Gasteiger charge is 2.62. The summed E-state index contributed by atoms with van der Waals surface area (Å²) >= 11 is 0. The summed E-state index contributed by atoms with van der Waals surface area (Å²) in [5, 5.41) is 13.0. The third-order valence-corrected chi connectivity index (χ3v) is 6.10. The van der Waals surface area contributed by atoms with Gasteiger partial charge in [0.15, 0.2) is 0 Å². The van der Waals surface area contributed by atoms with Crippen molar-refractivity contribution in [3.63, 3.8) is 0 Å². The minimum Gasteiger partial charge on any atom is -0.366 e. The van der Waals surface area contributed by atoms with Crippen LogP contribution in [0.25, 0.3) is 0 Å². The highest BCUT2D eigenvalue weighted by Crippen LogP contribution is 2.46. The van der Waals surface area contributed by atoms with Gasteiger partial charge in [0.2, 0.25) is 5.72 Å². The quantitative estimate of drug-likeness (QED) is 0.871. The molecule has 4 rings (SSSR count). The van der Waals surface area contributed by atoms with Gasteiger partial charge in [0.1, 0.15) is 0 Å². The van der Waals surface area contributed by atoms with Crippen molar-refractivity contribution in [3.8, 4) is 0 Å². The van der Waals surface area contributed by atoms with Crippen LogP contribution in [0.15, 0.2) is 24.3 Å². The van der Waals surface area contributed by atoms with Gasteiger partial charge in [-0.1, -0.05) is 49.1 Å². The molecular weight excluding hydrogens is 302 g/mol. The second-order valence-electron chi connectivity index (χ2n) is 7.70.